The van der Waals surface area contributed by atoms with Crippen molar-refractivity contribution in [3.05, 3.63) is 29.8 Å². The minimum Gasteiger partial charge on any atom is -0.373 e. The minimum atomic E-state index is -0.105. The van der Waals surface area contributed by atoms with Crippen molar-refractivity contribution in [2.45, 2.75) is 32.6 Å². The van der Waals surface area contributed by atoms with E-state index in [1.54, 1.807) is 14.1 Å². The van der Waals surface area contributed by atoms with Crippen molar-refractivity contribution < 1.29 is 9.53 Å². The maximum Gasteiger partial charge on any atom is 0.321 e. The SMILES string of the molecule is C[C@@H]1CN(Cc2ccccc2NC(=O)N(C)C)C[C@H](C)O1. The van der Waals surface area contributed by atoms with Crippen LogP contribution in [-0.2, 0) is 11.3 Å². The molecule has 0 saturated carbocycles. The predicted molar refractivity (Wildman–Crippen MR) is 84.4 cm³/mol. The van der Waals surface area contributed by atoms with Crippen LogP contribution < -0.4 is 5.32 Å². The largest absolute Gasteiger partial charge is 0.373 e. The zero-order valence-electron chi connectivity index (χ0n) is 13.3. The molecule has 1 aromatic carbocycles. The zero-order valence-corrected chi connectivity index (χ0v) is 13.3. The first-order valence-electron chi connectivity index (χ1n) is 7.39. The number of carbonyl (C=O) groups is 1. The van der Waals surface area contributed by atoms with Crippen LogP contribution in [0.5, 0.6) is 0 Å². The van der Waals surface area contributed by atoms with E-state index < -0.39 is 0 Å². The molecule has 2 atom stereocenters. The number of benzene rings is 1. The van der Waals surface area contributed by atoms with Crippen LogP contribution in [0, 0.1) is 0 Å². The molecule has 0 spiro atoms. The lowest BCUT2D eigenvalue weighted by Gasteiger charge is -2.35. The maximum absolute atomic E-state index is 11.8. The third-order valence-electron chi connectivity index (χ3n) is 3.55. The Morgan fingerprint density at radius 2 is 1.90 bits per heavy atom. The summed E-state index contributed by atoms with van der Waals surface area (Å²) in [4.78, 5) is 15.8. The van der Waals surface area contributed by atoms with Crippen LogP contribution in [0.1, 0.15) is 19.4 Å². The fraction of sp³-hybridized carbons (Fsp3) is 0.562. The molecule has 0 unspecified atom stereocenters. The smallest absolute Gasteiger partial charge is 0.321 e. The lowest BCUT2D eigenvalue weighted by molar-refractivity contribution is -0.0704. The third kappa shape index (κ3) is 4.44. The fourth-order valence-corrected chi connectivity index (χ4v) is 2.66. The Morgan fingerprint density at radius 3 is 2.52 bits per heavy atom. The summed E-state index contributed by atoms with van der Waals surface area (Å²) in [5, 5.41) is 2.95. The van der Waals surface area contributed by atoms with Crippen LogP contribution in [0.25, 0.3) is 0 Å². The van der Waals surface area contributed by atoms with Gasteiger partial charge in [-0.05, 0) is 25.5 Å². The quantitative estimate of drug-likeness (QED) is 0.930. The Labute approximate surface area is 126 Å². The van der Waals surface area contributed by atoms with E-state index in [-0.39, 0.29) is 18.2 Å². The summed E-state index contributed by atoms with van der Waals surface area (Å²) in [6.45, 7) is 6.85. The molecule has 1 heterocycles. The number of morpholine rings is 1. The van der Waals surface area contributed by atoms with Crippen LogP contribution in [-0.4, -0.2) is 55.2 Å². The standard InChI is InChI=1S/C16H25N3O2/c1-12-9-19(10-13(2)21-12)11-14-7-5-6-8-15(14)17-16(20)18(3)4/h5-8,12-13H,9-11H2,1-4H3,(H,17,20)/t12-,13+. The normalized spacial score (nSPS) is 22.9. The molecule has 0 radical (unpaired) electrons. The van der Waals surface area contributed by atoms with Crippen LogP contribution in [0.15, 0.2) is 24.3 Å². The van der Waals surface area contributed by atoms with Crippen molar-refractivity contribution in [3.8, 4) is 0 Å². The lowest BCUT2D eigenvalue weighted by atomic mass is 10.1. The van der Waals surface area contributed by atoms with E-state index in [1.807, 2.05) is 18.2 Å². The molecule has 1 aliphatic heterocycles. The van der Waals surface area contributed by atoms with Crippen LogP contribution in [0.2, 0.25) is 0 Å². The number of nitrogens with one attached hydrogen (secondary N) is 1. The van der Waals surface area contributed by atoms with E-state index >= 15 is 0 Å². The number of nitrogens with zero attached hydrogens (tertiary/aromatic N) is 2. The minimum absolute atomic E-state index is 0.105. The van der Waals surface area contributed by atoms with Crippen molar-refractivity contribution in [2.75, 3.05) is 32.5 Å². The van der Waals surface area contributed by atoms with Gasteiger partial charge in [0.15, 0.2) is 0 Å². The summed E-state index contributed by atoms with van der Waals surface area (Å²) in [6.07, 6.45) is 0.495. The van der Waals surface area contributed by atoms with E-state index in [0.717, 1.165) is 30.9 Å². The first kappa shape index (κ1) is 15.8. The molecule has 2 rings (SSSR count). The molecule has 0 bridgehead atoms. The molecule has 5 nitrogen and oxygen atoms in total. The summed E-state index contributed by atoms with van der Waals surface area (Å²) in [5.41, 5.74) is 2.01. The molecule has 1 fully saturated rings. The molecule has 5 heteroatoms. The second-order valence-corrected chi connectivity index (χ2v) is 5.93. The fourth-order valence-electron chi connectivity index (χ4n) is 2.66. The summed E-state index contributed by atoms with van der Waals surface area (Å²) < 4.78 is 5.76. The number of hydrogen-bond donors (Lipinski definition) is 1. The van der Waals surface area contributed by atoms with Crippen molar-refractivity contribution >= 4 is 11.7 Å². The molecular formula is C16H25N3O2. The molecule has 0 aliphatic carbocycles. The number of amides is 2. The third-order valence-corrected chi connectivity index (χ3v) is 3.55. The average Bonchev–Trinajstić information content (AvgIpc) is 2.39. The van der Waals surface area contributed by atoms with Gasteiger partial charge < -0.3 is 15.0 Å². The van der Waals surface area contributed by atoms with Crippen LogP contribution in [0.4, 0.5) is 10.5 Å². The second-order valence-electron chi connectivity index (χ2n) is 5.93. The molecule has 1 aliphatic rings. The van der Waals surface area contributed by atoms with Gasteiger partial charge in [-0.3, -0.25) is 4.90 Å². The number of ether oxygens (including phenoxy) is 1. The monoisotopic (exact) mass is 291 g/mol. The van der Waals surface area contributed by atoms with Gasteiger partial charge in [-0.1, -0.05) is 18.2 Å². The highest BCUT2D eigenvalue weighted by Crippen LogP contribution is 2.20. The van der Waals surface area contributed by atoms with Crippen LogP contribution >= 0.6 is 0 Å². The summed E-state index contributed by atoms with van der Waals surface area (Å²) >= 11 is 0. The van der Waals surface area contributed by atoms with Gasteiger partial charge in [0.2, 0.25) is 0 Å². The predicted octanol–water partition coefficient (Wildman–Crippen LogP) is 2.39. The van der Waals surface area contributed by atoms with Gasteiger partial charge in [0.25, 0.3) is 0 Å². The number of anilines is 1. The highest BCUT2D eigenvalue weighted by molar-refractivity contribution is 5.89. The average molecular weight is 291 g/mol. The van der Waals surface area contributed by atoms with Crippen molar-refractivity contribution in [3.63, 3.8) is 0 Å². The van der Waals surface area contributed by atoms with E-state index in [0.29, 0.717) is 0 Å². The van der Waals surface area contributed by atoms with Crippen molar-refractivity contribution in [1.29, 1.82) is 0 Å². The Hall–Kier alpha value is -1.59. The van der Waals surface area contributed by atoms with Gasteiger partial charge in [0, 0.05) is 39.4 Å². The Bertz CT molecular complexity index is 480. The number of urea groups is 1. The van der Waals surface area contributed by atoms with Crippen molar-refractivity contribution in [1.82, 2.24) is 9.80 Å². The van der Waals surface area contributed by atoms with E-state index in [4.69, 9.17) is 4.74 Å². The van der Waals surface area contributed by atoms with Crippen LogP contribution in [0.3, 0.4) is 0 Å². The highest BCUT2D eigenvalue weighted by Gasteiger charge is 2.22. The van der Waals surface area contributed by atoms with E-state index in [1.165, 1.54) is 4.90 Å². The zero-order chi connectivity index (χ0) is 15.4. The number of hydrogen-bond acceptors (Lipinski definition) is 3. The van der Waals surface area contributed by atoms with Gasteiger partial charge in [-0.25, -0.2) is 4.79 Å². The molecular weight excluding hydrogens is 266 g/mol. The summed E-state index contributed by atoms with van der Waals surface area (Å²) in [6, 6.07) is 7.86. The molecule has 21 heavy (non-hydrogen) atoms. The molecule has 1 N–H and O–H groups in total. The van der Waals surface area contributed by atoms with Crippen molar-refractivity contribution in [2.24, 2.45) is 0 Å². The molecule has 0 aromatic heterocycles. The first-order valence-corrected chi connectivity index (χ1v) is 7.39. The number of carbonyl (C=O) groups excluding carboxylic acids is 1. The topological polar surface area (TPSA) is 44.8 Å². The van der Waals surface area contributed by atoms with Gasteiger partial charge >= 0.3 is 6.03 Å². The molecule has 1 aromatic rings. The lowest BCUT2D eigenvalue weighted by Crippen LogP contribution is -2.44. The molecule has 2 amide bonds. The van der Waals surface area contributed by atoms with Gasteiger partial charge in [0.1, 0.15) is 0 Å². The second kappa shape index (κ2) is 6.91. The summed E-state index contributed by atoms with van der Waals surface area (Å²) in [5.74, 6) is 0. The molecule has 116 valence electrons. The Morgan fingerprint density at radius 1 is 1.29 bits per heavy atom. The highest BCUT2D eigenvalue weighted by atomic mass is 16.5. The maximum atomic E-state index is 11.8. The Kier molecular flexibility index (Phi) is 5.20. The Balaban J connectivity index is 2.07. The van der Waals surface area contributed by atoms with Gasteiger partial charge in [-0.15, -0.1) is 0 Å². The number of para-hydroxylation sites is 1. The summed E-state index contributed by atoms with van der Waals surface area (Å²) in [7, 11) is 3.48. The van der Waals surface area contributed by atoms with Gasteiger partial charge in [0.05, 0.1) is 12.2 Å². The number of rotatable bonds is 3. The van der Waals surface area contributed by atoms with E-state index in [2.05, 4.69) is 30.1 Å². The van der Waals surface area contributed by atoms with E-state index in [9.17, 15) is 4.79 Å². The molecule has 1 saturated heterocycles. The first-order chi connectivity index (χ1) is 9.95. The van der Waals surface area contributed by atoms with Gasteiger partial charge in [-0.2, -0.15) is 0 Å².